The molecular weight excluding hydrogens is 546 g/mol. The van der Waals surface area contributed by atoms with Gasteiger partial charge in [-0.05, 0) is 67.8 Å². The molecule has 0 atom stereocenters. The topological polar surface area (TPSA) is 62.7 Å². The molecule has 0 unspecified atom stereocenters. The van der Waals surface area contributed by atoms with E-state index in [0.717, 1.165) is 28.1 Å². The second kappa shape index (κ2) is 12.5. The van der Waals surface area contributed by atoms with Crippen molar-refractivity contribution >= 4 is 23.4 Å². The highest BCUT2D eigenvalue weighted by Gasteiger charge is 2.29. The Morgan fingerprint density at radius 3 is 2.24 bits per heavy atom. The van der Waals surface area contributed by atoms with E-state index in [1.807, 2.05) is 48.5 Å². The van der Waals surface area contributed by atoms with E-state index in [4.69, 9.17) is 21.3 Å². The SMILES string of the molecule is C=CC(F)(F)c1ccc(CN(CCc2ccc(OC(C)(C)C(=O)O)cc2)c2ccc(-c3ccccc3Cl)cn2)cc1. The molecule has 0 fully saturated rings. The van der Waals surface area contributed by atoms with E-state index in [9.17, 15) is 18.7 Å². The molecule has 4 aromatic rings. The van der Waals surface area contributed by atoms with Crippen LogP contribution in [0.3, 0.4) is 0 Å². The van der Waals surface area contributed by atoms with Gasteiger partial charge in [-0.3, -0.25) is 0 Å². The van der Waals surface area contributed by atoms with Crippen LogP contribution in [0.4, 0.5) is 14.6 Å². The third-order valence-electron chi connectivity index (χ3n) is 6.71. The van der Waals surface area contributed by atoms with Crippen molar-refractivity contribution in [3.8, 4) is 16.9 Å². The maximum absolute atomic E-state index is 14.0. The number of carbonyl (C=O) groups is 1. The van der Waals surface area contributed by atoms with Crippen LogP contribution in [0.25, 0.3) is 11.1 Å². The molecule has 8 heteroatoms. The molecule has 0 aliphatic rings. The minimum Gasteiger partial charge on any atom is -0.478 e. The Morgan fingerprint density at radius 1 is 1.00 bits per heavy atom. The van der Waals surface area contributed by atoms with E-state index in [1.54, 1.807) is 30.5 Å². The van der Waals surface area contributed by atoms with Crippen molar-refractivity contribution in [2.24, 2.45) is 0 Å². The second-order valence-corrected chi connectivity index (χ2v) is 10.5. The largest absolute Gasteiger partial charge is 0.478 e. The molecule has 0 radical (unpaired) electrons. The van der Waals surface area contributed by atoms with Crippen LogP contribution in [0.5, 0.6) is 5.75 Å². The number of nitrogens with zero attached hydrogens (tertiary/aromatic N) is 2. The van der Waals surface area contributed by atoms with Gasteiger partial charge in [0.1, 0.15) is 11.6 Å². The van der Waals surface area contributed by atoms with Gasteiger partial charge >= 0.3 is 5.97 Å². The van der Waals surface area contributed by atoms with Gasteiger partial charge < -0.3 is 14.7 Å². The zero-order valence-corrected chi connectivity index (χ0v) is 23.6. The zero-order chi connectivity index (χ0) is 29.6. The van der Waals surface area contributed by atoms with E-state index in [0.29, 0.717) is 36.4 Å². The Morgan fingerprint density at radius 2 is 1.66 bits per heavy atom. The summed E-state index contributed by atoms with van der Waals surface area (Å²) in [6.45, 7) is 7.26. The number of anilines is 1. The number of rotatable bonds is 12. The van der Waals surface area contributed by atoms with Crippen molar-refractivity contribution in [3.05, 3.63) is 125 Å². The number of carboxylic acid groups (broad SMARTS) is 1. The molecule has 0 aliphatic carbocycles. The fourth-order valence-corrected chi connectivity index (χ4v) is 4.44. The quantitative estimate of drug-likeness (QED) is 0.172. The summed E-state index contributed by atoms with van der Waals surface area (Å²) < 4.78 is 33.7. The van der Waals surface area contributed by atoms with E-state index >= 15 is 0 Å². The number of hydrogen-bond acceptors (Lipinski definition) is 4. The second-order valence-electron chi connectivity index (χ2n) is 10.1. The molecule has 1 aromatic heterocycles. The van der Waals surface area contributed by atoms with Gasteiger partial charge in [0, 0.05) is 41.0 Å². The van der Waals surface area contributed by atoms with Gasteiger partial charge in [-0.2, -0.15) is 8.78 Å². The van der Waals surface area contributed by atoms with Crippen molar-refractivity contribution in [1.29, 1.82) is 0 Å². The lowest BCUT2D eigenvalue weighted by Crippen LogP contribution is -2.37. The predicted molar refractivity (Wildman–Crippen MR) is 159 cm³/mol. The lowest BCUT2D eigenvalue weighted by molar-refractivity contribution is -0.152. The number of allylic oxidation sites excluding steroid dienone is 1. The predicted octanol–water partition coefficient (Wildman–Crippen LogP) is 8.17. The Kier molecular flexibility index (Phi) is 9.08. The summed E-state index contributed by atoms with van der Waals surface area (Å²) in [5.41, 5.74) is 2.18. The fraction of sp³-hybridized carbons (Fsp3) is 0.212. The molecule has 1 heterocycles. The van der Waals surface area contributed by atoms with Crippen LogP contribution < -0.4 is 9.64 Å². The summed E-state index contributed by atoms with van der Waals surface area (Å²) in [5, 5.41) is 9.94. The summed E-state index contributed by atoms with van der Waals surface area (Å²) in [6.07, 6.45) is 3.06. The maximum Gasteiger partial charge on any atom is 0.347 e. The Labute approximate surface area is 243 Å². The lowest BCUT2D eigenvalue weighted by Gasteiger charge is -2.25. The number of aliphatic carboxylic acids is 1. The summed E-state index contributed by atoms with van der Waals surface area (Å²) in [6, 6.07) is 24.9. The monoisotopic (exact) mass is 576 g/mol. The summed E-state index contributed by atoms with van der Waals surface area (Å²) >= 11 is 6.37. The number of alkyl halides is 2. The normalized spacial score (nSPS) is 11.6. The first-order chi connectivity index (χ1) is 19.5. The zero-order valence-electron chi connectivity index (χ0n) is 22.9. The highest BCUT2D eigenvalue weighted by atomic mass is 35.5. The van der Waals surface area contributed by atoms with Gasteiger partial charge in [0.05, 0.1) is 0 Å². The molecule has 3 aromatic carbocycles. The highest BCUT2D eigenvalue weighted by Crippen LogP contribution is 2.30. The standard InChI is InChI=1S/C33H31ClF2N2O3/c1-4-33(35,36)26-14-9-24(10-15-26)22-38(30-18-13-25(21-37-30)28-7-5-6-8-29(28)34)20-19-23-11-16-27(17-12-23)41-32(2,3)31(39)40/h4-18,21H,1,19-20,22H2,2-3H3,(H,39,40). The van der Waals surface area contributed by atoms with Crippen molar-refractivity contribution < 1.29 is 23.4 Å². The molecule has 4 rings (SSSR count). The smallest absolute Gasteiger partial charge is 0.347 e. The van der Waals surface area contributed by atoms with Gasteiger partial charge in [-0.15, -0.1) is 0 Å². The van der Waals surface area contributed by atoms with E-state index in [-0.39, 0.29) is 5.56 Å². The minimum absolute atomic E-state index is 0.113. The van der Waals surface area contributed by atoms with Crippen molar-refractivity contribution in [1.82, 2.24) is 4.98 Å². The third kappa shape index (κ3) is 7.50. The molecule has 0 saturated carbocycles. The summed E-state index contributed by atoms with van der Waals surface area (Å²) in [4.78, 5) is 18.2. The first-order valence-electron chi connectivity index (χ1n) is 13.1. The van der Waals surface area contributed by atoms with Crippen LogP contribution >= 0.6 is 11.6 Å². The molecule has 0 aliphatic heterocycles. The molecule has 212 valence electrons. The van der Waals surface area contributed by atoms with Gasteiger partial charge in [0.25, 0.3) is 5.92 Å². The first kappa shape index (κ1) is 29.7. The maximum atomic E-state index is 14.0. The van der Waals surface area contributed by atoms with Crippen LogP contribution in [-0.4, -0.2) is 28.2 Å². The van der Waals surface area contributed by atoms with Crippen LogP contribution in [0.1, 0.15) is 30.5 Å². The molecular formula is C33H31ClF2N2O3. The van der Waals surface area contributed by atoms with Crippen LogP contribution in [0.2, 0.25) is 5.02 Å². The first-order valence-corrected chi connectivity index (χ1v) is 13.4. The van der Waals surface area contributed by atoms with Gasteiger partial charge in [-0.1, -0.05) is 72.8 Å². The van der Waals surface area contributed by atoms with Gasteiger partial charge in [0.15, 0.2) is 5.60 Å². The Balaban J connectivity index is 1.54. The number of benzene rings is 3. The van der Waals surface area contributed by atoms with E-state index < -0.39 is 17.5 Å². The molecule has 0 bridgehead atoms. The fourth-order valence-electron chi connectivity index (χ4n) is 4.20. The highest BCUT2D eigenvalue weighted by molar-refractivity contribution is 6.33. The molecule has 5 nitrogen and oxygen atoms in total. The summed E-state index contributed by atoms with van der Waals surface area (Å²) in [7, 11) is 0. The number of aromatic nitrogens is 1. The minimum atomic E-state index is -3.09. The number of ether oxygens (including phenoxy) is 1. The third-order valence-corrected chi connectivity index (χ3v) is 7.04. The number of pyridine rings is 1. The van der Waals surface area contributed by atoms with Crippen LogP contribution in [-0.2, 0) is 23.7 Å². The van der Waals surface area contributed by atoms with E-state index in [1.165, 1.54) is 26.0 Å². The number of carboxylic acids is 1. The average molecular weight is 577 g/mol. The van der Waals surface area contributed by atoms with E-state index in [2.05, 4.69) is 11.5 Å². The summed E-state index contributed by atoms with van der Waals surface area (Å²) in [5.74, 6) is -2.95. The number of halogens is 3. The van der Waals surface area contributed by atoms with Gasteiger partial charge in [0.2, 0.25) is 0 Å². The lowest BCUT2D eigenvalue weighted by atomic mass is 10.1. The molecule has 1 N–H and O–H groups in total. The molecule has 0 amide bonds. The van der Waals surface area contributed by atoms with Crippen molar-refractivity contribution in [2.45, 2.75) is 38.3 Å². The van der Waals surface area contributed by atoms with Crippen LogP contribution in [0, 0.1) is 0 Å². The molecule has 0 saturated heterocycles. The van der Waals surface area contributed by atoms with Crippen molar-refractivity contribution in [3.63, 3.8) is 0 Å². The Bertz CT molecular complexity index is 1490. The molecule has 41 heavy (non-hydrogen) atoms. The molecule has 0 spiro atoms. The van der Waals surface area contributed by atoms with Crippen molar-refractivity contribution in [2.75, 3.05) is 11.4 Å². The van der Waals surface area contributed by atoms with Gasteiger partial charge in [-0.25, -0.2) is 9.78 Å². The van der Waals surface area contributed by atoms with Crippen LogP contribution in [0.15, 0.2) is 104 Å². The average Bonchev–Trinajstić information content (AvgIpc) is 2.96. The Hall–Kier alpha value is -4.23. The number of hydrogen-bond donors (Lipinski definition) is 1.